The van der Waals surface area contributed by atoms with Crippen LogP contribution >= 0.6 is 0 Å². The standard InChI is InChI=1S/C13H20N2O/c1-10(11-4-2-5-12(14)8-11)15-7-3-6-13(16)9-15/h2,4-5,8,10,13,16H,3,6-7,9,14H2,1H3. The zero-order valence-electron chi connectivity index (χ0n) is 9.76. The van der Waals surface area contributed by atoms with Gasteiger partial charge in [0.2, 0.25) is 0 Å². The third-order valence-corrected chi connectivity index (χ3v) is 3.37. The van der Waals surface area contributed by atoms with Gasteiger partial charge in [0.1, 0.15) is 0 Å². The van der Waals surface area contributed by atoms with Gasteiger partial charge in [-0.2, -0.15) is 0 Å². The Hall–Kier alpha value is -1.06. The van der Waals surface area contributed by atoms with Crippen LogP contribution < -0.4 is 5.73 Å². The lowest BCUT2D eigenvalue weighted by Crippen LogP contribution is -2.39. The molecule has 3 heteroatoms. The number of nitrogen functional groups attached to an aromatic ring is 1. The number of benzene rings is 1. The van der Waals surface area contributed by atoms with E-state index in [-0.39, 0.29) is 6.10 Å². The Morgan fingerprint density at radius 1 is 1.50 bits per heavy atom. The molecule has 2 rings (SSSR count). The fraction of sp³-hybridized carbons (Fsp3) is 0.538. The number of hydrogen-bond acceptors (Lipinski definition) is 3. The number of aliphatic hydroxyl groups excluding tert-OH is 1. The van der Waals surface area contributed by atoms with Crippen molar-refractivity contribution in [2.45, 2.75) is 31.9 Å². The molecule has 1 saturated heterocycles. The molecule has 1 aliphatic heterocycles. The van der Waals surface area contributed by atoms with E-state index >= 15 is 0 Å². The zero-order chi connectivity index (χ0) is 11.5. The van der Waals surface area contributed by atoms with Gasteiger partial charge in [0.15, 0.2) is 0 Å². The van der Waals surface area contributed by atoms with Crippen LogP contribution in [-0.2, 0) is 0 Å². The molecule has 1 heterocycles. The molecule has 2 atom stereocenters. The summed E-state index contributed by atoms with van der Waals surface area (Å²) in [6, 6.07) is 8.34. The molecule has 1 fully saturated rings. The minimum absolute atomic E-state index is 0.169. The molecule has 0 bridgehead atoms. The molecule has 16 heavy (non-hydrogen) atoms. The van der Waals surface area contributed by atoms with Gasteiger partial charge in [-0.1, -0.05) is 12.1 Å². The average molecular weight is 220 g/mol. The largest absolute Gasteiger partial charge is 0.399 e. The predicted octanol–water partition coefficient (Wildman–Crippen LogP) is 1.79. The highest BCUT2D eigenvalue weighted by molar-refractivity contribution is 5.41. The van der Waals surface area contributed by atoms with Crippen LogP contribution in [0.5, 0.6) is 0 Å². The number of nitrogens with zero attached hydrogens (tertiary/aromatic N) is 1. The molecule has 0 spiro atoms. The second kappa shape index (κ2) is 4.85. The van der Waals surface area contributed by atoms with Crippen LogP contribution in [-0.4, -0.2) is 29.2 Å². The Labute approximate surface area is 96.9 Å². The van der Waals surface area contributed by atoms with Crippen LogP contribution in [0.1, 0.15) is 31.4 Å². The Bertz CT molecular complexity index is 354. The van der Waals surface area contributed by atoms with Crippen LogP contribution in [0.25, 0.3) is 0 Å². The Kier molecular flexibility index (Phi) is 3.46. The zero-order valence-corrected chi connectivity index (χ0v) is 9.76. The maximum absolute atomic E-state index is 9.66. The number of aliphatic hydroxyl groups is 1. The van der Waals surface area contributed by atoms with E-state index in [1.807, 2.05) is 18.2 Å². The molecule has 3 nitrogen and oxygen atoms in total. The Morgan fingerprint density at radius 3 is 3.00 bits per heavy atom. The smallest absolute Gasteiger partial charge is 0.0667 e. The van der Waals surface area contributed by atoms with Crippen LogP contribution in [0.3, 0.4) is 0 Å². The summed E-state index contributed by atoms with van der Waals surface area (Å²) < 4.78 is 0. The van der Waals surface area contributed by atoms with E-state index in [9.17, 15) is 5.11 Å². The van der Waals surface area contributed by atoms with Crippen molar-refractivity contribution in [2.24, 2.45) is 0 Å². The first-order chi connectivity index (χ1) is 7.66. The minimum Gasteiger partial charge on any atom is -0.399 e. The lowest BCUT2D eigenvalue weighted by molar-refractivity contribution is 0.0504. The van der Waals surface area contributed by atoms with E-state index in [0.29, 0.717) is 6.04 Å². The highest BCUT2D eigenvalue weighted by Gasteiger charge is 2.22. The van der Waals surface area contributed by atoms with E-state index in [4.69, 9.17) is 5.73 Å². The first-order valence-electron chi connectivity index (χ1n) is 5.94. The molecular weight excluding hydrogens is 200 g/mol. The van der Waals surface area contributed by atoms with Crippen molar-refractivity contribution in [3.05, 3.63) is 29.8 Å². The molecule has 0 saturated carbocycles. The van der Waals surface area contributed by atoms with Crippen molar-refractivity contribution in [1.82, 2.24) is 4.90 Å². The van der Waals surface area contributed by atoms with Crippen molar-refractivity contribution >= 4 is 5.69 Å². The van der Waals surface area contributed by atoms with E-state index in [1.165, 1.54) is 5.56 Å². The van der Waals surface area contributed by atoms with Crippen LogP contribution in [0.4, 0.5) is 5.69 Å². The number of nitrogens with two attached hydrogens (primary N) is 1. The molecule has 0 radical (unpaired) electrons. The second-order valence-corrected chi connectivity index (χ2v) is 4.64. The van der Waals surface area contributed by atoms with Gasteiger partial charge in [-0.25, -0.2) is 0 Å². The maximum atomic E-state index is 9.66. The van der Waals surface area contributed by atoms with E-state index < -0.39 is 0 Å². The molecular formula is C13H20N2O. The van der Waals surface area contributed by atoms with E-state index in [0.717, 1.165) is 31.6 Å². The topological polar surface area (TPSA) is 49.5 Å². The quantitative estimate of drug-likeness (QED) is 0.747. The fourth-order valence-corrected chi connectivity index (χ4v) is 2.36. The van der Waals surface area contributed by atoms with E-state index in [2.05, 4.69) is 17.9 Å². The van der Waals surface area contributed by atoms with Gasteiger partial charge >= 0.3 is 0 Å². The summed E-state index contributed by atoms with van der Waals surface area (Å²) in [6.45, 7) is 4.01. The predicted molar refractivity (Wildman–Crippen MR) is 66.1 cm³/mol. The number of piperidine rings is 1. The molecule has 0 amide bonds. The van der Waals surface area contributed by atoms with Crippen LogP contribution in [0.15, 0.2) is 24.3 Å². The third kappa shape index (κ3) is 2.54. The monoisotopic (exact) mass is 220 g/mol. The second-order valence-electron chi connectivity index (χ2n) is 4.64. The van der Waals surface area contributed by atoms with Gasteiger partial charge in [0, 0.05) is 18.3 Å². The van der Waals surface area contributed by atoms with Crippen molar-refractivity contribution < 1.29 is 5.11 Å². The van der Waals surface area contributed by atoms with Crippen molar-refractivity contribution in [3.8, 4) is 0 Å². The van der Waals surface area contributed by atoms with Crippen molar-refractivity contribution in [3.63, 3.8) is 0 Å². The van der Waals surface area contributed by atoms with Crippen molar-refractivity contribution in [2.75, 3.05) is 18.8 Å². The van der Waals surface area contributed by atoms with Gasteiger partial charge in [0.25, 0.3) is 0 Å². The summed E-state index contributed by atoms with van der Waals surface area (Å²) in [5.41, 5.74) is 7.82. The lowest BCUT2D eigenvalue weighted by Gasteiger charge is -2.35. The highest BCUT2D eigenvalue weighted by atomic mass is 16.3. The number of likely N-dealkylation sites (tertiary alicyclic amines) is 1. The minimum atomic E-state index is -0.169. The SMILES string of the molecule is CC(c1cccc(N)c1)N1CCCC(O)C1. The van der Waals surface area contributed by atoms with Crippen LogP contribution in [0, 0.1) is 0 Å². The number of hydrogen-bond donors (Lipinski definition) is 2. The average Bonchev–Trinajstić information content (AvgIpc) is 2.28. The third-order valence-electron chi connectivity index (χ3n) is 3.37. The van der Waals surface area contributed by atoms with Gasteiger partial charge in [-0.05, 0) is 44.0 Å². The summed E-state index contributed by atoms with van der Waals surface area (Å²) in [7, 11) is 0. The molecule has 88 valence electrons. The summed E-state index contributed by atoms with van der Waals surface area (Å²) in [4.78, 5) is 2.32. The van der Waals surface area contributed by atoms with E-state index in [1.54, 1.807) is 0 Å². The lowest BCUT2D eigenvalue weighted by atomic mass is 10.0. The summed E-state index contributed by atoms with van der Waals surface area (Å²) in [6.07, 6.45) is 1.84. The van der Waals surface area contributed by atoms with Crippen LogP contribution in [0.2, 0.25) is 0 Å². The fourth-order valence-electron chi connectivity index (χ4n) is 2.36. The highest BCUT2D eigenvalue weighted by Crippen LogP contribution is 2.25. The Balaban J connectivity index is 2.09. The summed E-state index contributed by atoms with van der Waals surface area (Å²) >= 11 is 0. The van der Waals surface area contributed by atoms with Gasteiger partial charge in [-0.15, -0.1) is 0 Å². The van der Waals surface area contributed by atoms with Gasteiger partial charge in [0.05, 0.1) is 6.10 Å². The molecule has 1 aliphatic rings. The molecule has 0 aromatic heterocycles. The Morgan fingerprint density at radius 2 is 2.31 bits per heavy atom. The number of β-amino-alcohol motifs (C(OH)–C–C–N with tert-alkyl or cyclic N) is 1. The molecule has 1 aromatic rings. The molecule has 2 unspecified atom stereocenters. The number of rotatable bonds is 2. The maximum Gasteiger partial charge on any atom is 0.0667 e. The van der Waals surface area contributed by atoms with Gasteiger partial charge < -0.3 is 10.8 Å². The number of anilines is 1. The molecule has 1 aromatic carbocycles. The summed E-state index contributed by atoms with van der Waals surface area (Å²) in [5.74, 6) is 0. The van der Waals surface area contributed by atoms with Crippen molar-refractivity contribution in [1.29, 1.82) is 0 Å². The first kappa shape index (κ1) is 11.4. The normalized spacial score (nSPS) is 24.2. The summed E-state index contributed by atoms with van der Waals surface area (Å²) in [5, 5.41) is 9.66. The molecule has 0 aliphatic carbocycles. The van der Waals surface area contributed by atoms with Gasteiger partial charge in [-0.3, -0.25) is 4.90 Å². The molecule has 3 N–H and O–H groups in total. The first-order valence-corrected chi connectivity index (χ1v) is 5.94.